The summed E-state index contributed by atoms with van der Waals surface area (Å²) in [5, 5.41) is 13.0. The Bertz CT molecular complexity index is 423. The van der Waals surface area contributed by atoms with Gasteiger partial charge in [-0.05, 0) is 33.8 Å². The van der Waals surface area contributed by atoms with Crippen molar-refractivity contribution >= 4 is 5.91 Å². The Morgan fingerprint density at radius 1 is 1.61 bits per heavy atom. The second kappa shape index (κ2) is 5.54. The maximum atomic E-state index is 11.6. The van der Waals surface area contributed by atoms with E-state index in [1.165, 1.54) is 7.11 Å². The molecule has 1 rings (SSSR count). The van der Waals surface area contributed by atoms with Gasteiger partial charge in [0.05, 0.1) is 6.54 Å². The minimum atomic E-state index is -1.16. The first-order valence-corrected chi connectivity index (χ1v) is 5.88. The van der Waals surface area contributed by atoms with Gasteiger partial charge in [-0.25, -0.2) is 0 Å². The summed E-state index contributed by atoms with van der Waals surface area (Å²) in [6.07, 6.45) is -0.534. The fourth-order valence-electron chi connectivity index (χ4n) is 1.77. The standard InChI is InChI=1S/C13H21NO4/c1-8-6-11(9(2)18-8)13(4,16)7-14-12(15)10(3)17-5/h6,10,16H,7H2,1-5H3,(H,14,15). The fourth-order valence-corrected chi connectivity index (χ4v) is 1.77. The van der Waals surface area contributed by atoms with Crippen LogP contribution in [0.1, 0.15) is 30.9 Å². The molecular formula is C13H21NO4. The fraction of sp³-hybridized carbons (Fsp3) is 0.615. The number of amides is 1. The van der Waals surface area contributed by atoms with Gasteiger partial charge < -0.3 is 19.6 Å². The molecule has 0 spiro atoms. The third-order valence-electron chi connectivity index (χ3n) is 2.95. The van der Waals surface area contributed by atoms with Crippen LogP contribution in [0.4, 0.5) is 0 Å². The molecule has 0 saturated carbocycles. The molecule has 0 saturated heterocycles. The summed E-state index contributed by atoms with van der Waals surface area (Å²) >= 11 is 0. The van der Waals surface area contributed by atoms with E-state index in [9.17, 15) is 9.90 Å². The van der Waals surface area contributed by atoms with Crippen LogP contribution in [-0.4, -0.2) is 30.8 Å². The number of furan rings is 1. The number of hydrogen-bond acceptors (Lipinski definition) is 4. The normalized spacial score (nSPS) is 16.1. The number of carbonyl (C=O) groups is 1. The number of rotatable bonds is 5. The Hall–Kier alpha value is -1.33. The Morgan fingerprint density at radius 3 is 2.67 bits per heavy atom. The van der Waals surface area contributed by atoms with Crippen LogP contribution in [0.15, 0.2) is 10.5 Å². The van der Waals surface area contributed by atoms with Crippen molar-refractivity contribution in [1.29, 1.82) is 0 Å². The maximum absolute atomic E-state index is 11.6. The zero-order valence-corrected chi connectivity index (χ0v) is 11.5. The molecule has 0 aliphatic rings. The Kier molecular flexibility index (Phi) is 4.53. The largest absolute Gasteiger partial charge is 0.466 e. The van der Waals surface area contributed by atoms with Crippen molar-refractivity contribution in [2.45, 2.75) is 39.4 Å². The van der Waals surface area contributed by atoms with Crippen molar-refractivity contribution in [2.24, 2.45) is 0 Å². The molecule has 0 aromatic carbocycles. The van der Waals surface area contributed by atoms with Crippen LogP contribution in [0.2, 0.25) is 0 Å². The first kappa shape index (κ1) is 14.7. The smallest absolute Gasteiger partial charge is 0.248 e. The molecule has 18 heavy (non-hydrogen) atoms. The van der Waals surface area contributed by atoms with Crippen LogP contribution in [0, 0.1) is 13.8 Å². The topological polar surface area (TPSA) is 71.7 Å². The SMILES string of the molecule is COC(C)C(=O)NCC(C)(O)c1cc(C)oc1C. The molecule has 0 aliphatic heterocycles. The number of aryl methyl sites for hydroxylation is 2. The van der Waals surface area contributed by atoms with Crippen molar-refractivity contribution in [3.63, 3.8) is 0 Å². The molecule has 0 fully saturated rings. The molecule has 5 heteroatoms. The van der Waals surface area contributed by atoms with Crippen molar-refractivity contribution in [1.82, 2.24) is 5.32 Å². The van der Waals surface area contributed by atoms with Gasteiger partial charge in [-0.1, -0.05) is 0 Å². The molecule has 2 atom stereocenters. The minimum absolute atomic E-state index is 0.110. The molecule has 1 aromatic heterocycles. The third kappa shape index (κ3) is 3.34. The predicted octanol–water partition coefficient (Wildman–Crippen LogP) is 1.26. The van der Waals surface area contributed by atoms with Crippen LogP contribution in [0.25, 0.3) is 0 Å². The average Bonchev–Trinajstić information content (AvgIpc) is 2.65. The molecule has 102 valence electrons. The number of nitrogens with one attached hydrogen (secondary N) is 1. The number of hydrogen-bond donors (Lipinski definition) is 2. The number of carbonyl (C=O) groups excluding carboxylic acids is 1. The van der Waals surface area contributed by atoms with Gasteiger partial charge in [-0.15, -0.1) is 0 Å². The lowest BCUT2D eigenvalue weighted by molar-refractivity contribution is -0.131. The van der Waals surface area contributed by atoms with Gasteiger partial charge in [-0.3, -0.25) is 4.79 Å². The lowest BCUT2D eigenvalue weighted by Gasteiger charge is -2.24. The van der Waals surface area contributed by atoms with Crippen molar-refractivity contribution in [3.05, 3.63) is 23.2 Å². The molecule has 1 amide bonds. The van der Waals surface area contributed by atoms with Gasteiger partial charge in [0.15, 0.2) is 0 Å². The molecule has 2 N–H and O–H groups in total. The zero-order valence-electron chi connectivity index (χ0n) is 11.5. The van der Waals surface area contributed by atoms with E-state index in [0.29, 0.717) is 11.3 Å². The summed E-state index contributed by atoms with van der Waals surface area (Å²) < 4.78 is 10.3. The summed E-state index contributed by atoms with van der Waals surface area (Å²) in [7, 11) is 1.46. The van der Waals surface area contributed by atoms with E-state index in [0.717, 1.165) is 5.76 Å². The molecular weight excluding hydrogens is 234 g/mol. The second-order valence-electron chi connectivity index (χ2n) is 4.70. The van der Waals surface area contributed by atoms with Gasteiger partial charge in [0, 0.05) is 12.7 Å². The van der Waals surface area contributed by atoms with E-state index in [-0.39, 0.29) is 12.5 Å². The van der Waals surface area contributed by atoms with E-state index in [1.807, 2.05) is 6.92 Å². The highest BCUT2D eigenvalue weighted by Gasteiger charge is 2.28. The van der Waals surface area contributed by atoms with Crippen molar-refractivity contribution in [2.75, 3.05) is 13.7 Å². The first-order valence-electron chi connectivity index (χ1n) is 5.88. The predicted molar refractivity (Wildman–Crippen MR) is 67.2 cm³/mol. The summed E-state index contributed by atoms with van der Waals surface area (Å²) in [4.78, 5) is 11.6. The molecule has 0 aliphatic carbocycles. The van der Waals surface area contributed by atoms with E-state index in [1.54, 1.807) is 26.8 Å². The van der Waals surface area contributed by atoms with Gasteiger partial charge >= 0.3 is 0 Å². The van der Waals surface area contributed by atoms with Crippen molar-refractivity contribution in [3.8, 4) is 0 Å². The molecule has 1 heterocycles. The summed E-state index contributed by atoms with van der Waals surface area (Å²) in [6.45, 7) is 7.01. The van der Waals surface area contributed by atoms with Crippen molar-refractivity contribution < 1.29 is 19.1 Å². The van der Waals surface area contributed by atoms with Gasteiger partial charge in [0.1, 0.15) is 23.2 Å². The molecule has 0 radical (unpaired) electrons. The first-order chi connectivity index (χ1) is 8.27. The van der Waals surface area contributed by atoms with Crippen LogP contribution >= 0.6 is 0 Å². The molecule has 1 aromatic rings. The highest BCUT2D eigenvalue weighted by atomic mass is 16.5. The minimum Gasteiger partial charge on any atom is -0.466 e. The molecule has 2 unspecified atom stereocenters. The average molecular weight is 255 g/mol. The number of methoxy groups -OCH3 is 1. The summed E-state index contributed by atoms with van der Waals surface area (Å²) in [5.74, 6) is 1.14. The van der Waals surface area contributed by atoms with E-state index in [2.05, 4.69) is 5.32 Å². The Morgan fingerprint density at radius 2 is 2.22 bits per heavy atom. The zero-order chi connectivity index (χ0) is 13.9. The Balaban J connectivity index is 2.71. The van der Waals surface area contributed by atoms with Gasteiger partial charge in [0.25, 0.3) is 0 Å². The summed E-state index contributed by atoms with van der Waals surface area (Å²) in [5.41, 5.74) is -0.476. The number of ether oxygens (including phenoxy) is 1. The van der Waals surface area contributed by atoms with E-state index >= 15 is 0 Å². The van der Waals surface area contributed by atoms with Crippen LogP contribution in [-0.2, 0) is 15.1 Å². The third-order valence-corrected chi connectivity index (χ3v) is 2.95. The van der Waals surface area contributed by atoms with Crippen LogP contribution in [0.5, 0.6) is 0 Å². The Labute approximate surface area is 107 Å². The molecule has 0 bridgehead atoms. The van der Waals surface area contributed by atoms with E-state index in [4.69, 9.17) is 9.15 Å². The summed E-state index contributed by atoms with van der Waals surface area (Å²) in [6, 6.07) is 1.78. The maximum Gasteiger partial charge on any atom is 0.248 e. The van der Waals surface area contributed by atoms with Gasteiger partial charge in [-0.2, -0.15) is 0 Å². The van der Waals surface area contributed by atoms with Crippen LogP contribution < -0.4 is 5.32 Å². The van der Waals surface area contributed by atoms with E-state index < -0.39 is 11.7 Å². The lowest BCUT2D eigenvalue weighted by Crippen LogP contribution is -2.42. The van der Waals surface area contributed by atoms with Gasteiger partial charge in [0.2, 0.25) is 5.91 Å². The highest BCUT2D eigenvalue weighted by Crippen LogP contribution is 2.26. The second-order valence-corrected chi connectivity index (χ2v) is 4.70. The lowest BCUT2D eigenvalue weighted by atomic mass is 9.96. The quantitative estimate of drug-likeness (QED) is 0.830. The highest BCUT2D eigenvalue weighted by molar-refractivity contribution is 5.80. The monoisotopic (exact) mass is 255 g/mol. The molecule has 5 nitrogen and oxygen atoms in total. The number of aliphatic hydroxyl groups is 1. The van der Waals surface area contributed by atoms with Crippen LogP contribution in [0.3, 0.4) is 0 Å².